The van der Waals surface area contributed by atoms with Gasteiger partial charge in [0.25, 0.3) is 0 Å². The zero-order chi connectivity index (χ0) is 14.6. The maximum absolute atomic E-state index is 11.7. The third-order valence-electron chi connectivity index (χ3n) is 3.05. The summed E-state index contributed by atoms with van der Waals surface area (Å²) in [7, 11) is -1.17. The van der Waals surface area contributed by atoms with Crippen LogP contribution in [0.15, 0.2) is 24.3 Å². The zero-order valence-electron chi connectivity index (χ0n) is 11.6. The predicted molar refractivity (Wildman–Crippen MR) is 79.7 cm³/mol. The highest BCUT2D eigenvalue weighted by atomic mass is 32.2. The van der Waals surface area contributed by atoms with E-state index in [0.717, 1.165) is 5.69 Å². The Labute approximate surface area is 114 Å². The highest BCUT2D eigenvalue weighted by molar-refractivity contribution is 7.92. The van der Waals surface area contributed by atoms with Gasteiger partial charge in [-0.3, -0.25) is 5.41 Å². The number of hydrogen-bond acceptors (Lipinski definition) is 4. The van der Waals surface area contributed by atoms with Crippen molar-refractivity contribution in [2.24, 2.45) is 5.73 Å². The van der Waals surface area contributed by atoms with Crippen molar-refractivity contribution < 1.29 is 8.42 Å². The minimum Gasteiger partial charge on any atom is -0.384 e. The van der Waals surface area contributed by atoms with Crippen molar-refractivity contribution in [3.8, 4) is 0 Å². The van der Waals surface area contributed by atoms with E-state index in [1.54, 1.807) is 26.0 Å². The van der Waals surface area contributed by atoms with Gasteiger partial charge in [0.1, 0.15) is 5.84 Å². The van der Waals surface area contributed by atoms with E-state index in [2.05, 4.69) is 0 Å². The molecule has 0 radical (unpaired) electrons. The van der Waals surface area contributed by atoms with Crippen LogP contribution in [0, 0.1) is 5.41 Å². The third-order valence-corrected chi connectivity index (χ3v) is 5.24. The molecule has 0 atom stereocenters. The van der Waals surface area contributed by atoms with Crippen LogP contribution in [0.3, 0.4) is 0 Å². The Balaban J connectivity index is 2.69. The zero-order valence-corrected chi connectivity index (χ0v) is 12.4. The van der Waals surface area contributed by atoms with Crippen LogP contribution in [0.5, 0.6) is 0 Å². The molecule has 0 unspecified atom stereocenters. The number of nitrogen functional groups attached to an aromatic ring is 1. The van der Waals surface area contributed by atoms with E-state index < -0.39 is 9.84 Å². The number of sulfone groups is 1. The van der Waals surface area contributed by atoms with Crippen LogP contribution in [0.4, 0.5) is 5.69 Å². The van der Waals surface area contributed by atoms with Crippen molar-refractivity contribution in [1.29, 1.82) is 5.41 Å². The first-order chi connectivity index (χ1) is 8.74. The molecule has 1 aromatic rings. The van der Waals surface area contributed by atoms with E-state index in [-0.39, 0.29) is 16.8 Å². The molecule has 0 saturated heterocycles. The molecule has 0 saturated carbocycles. The number of hydrogen-bond donors (Lipinski definition) is 2. The Morgan fingerprint density at radius 1 is 1.32 bits per heavy atom. The summed E-state index contributed by atoms with van der Waals surface area (Å²) in [5.41, 5.74) is 6.95. The number of rotatable bonds is 6. The smallest absolute Gasteiger partial charge is 0.154 e. The van der Waals surface area contributed by atoms with Gasteiger partial charge in [0.2, 0.25) is 0 Å². The molecular weight excluding hydrogens is 262 g/mol. The Morgan fingerprint density at radius 2 is 1.84 bits per heavy atom. The molecule has 6 heteroatoms. The van der Waals surface area contributed by atoms with E-state index in [1.165, 1.54) is 0 Å². The normalized spacial score (nSPS) is 11.6. The standard InChI is InChI=1S/C13H21N3O2S/c1-10(2)19(17,18)9-8-16(3)12-6-4-11(5-7-12)13(14)15/h4-7,10H,8-9H2,1-3H3,(H3,14,15). The Kier molecular flexibility index (Phi) is 4.94. The number of amidine groups is 1. The monoisotopic (exact) mass is 283 g/mol. The molecule has 0 aliphatic heterocycles. The van der Waals surface area contributed by atoms with E-state index in [1.807, 2.05) is 24.1 Å². The summed E-state index contributed by atoms with van der Waals surface area (Å²) < 4.78 is 23.5. The van der Waals surface area contributed by atoms with E-state index in [0.29, 0.717) is 12.1 Å². The third kappa shape index (κ3) is 4.24. The number of nitrogens with two attached hydrogens (primary N) is 1. The predicted octanol–water partition coefficient (Wildman–Crippen LogP) is 1.23. The lowest BCUT2D eigenvalue weighted by Crippen LogP contribution is -2.28. The first-order valence-electron chi connectivity index (χ1n) is 6.11. The maximum atomic E-state index is 11.7. The van der Waals surface area contributed by atoms with Crippen LogP contribution >= 0.6 is 0 Å². The van der Waals surface area contributed by atoms with E-state index in [9.17, 15) is 8.42 Å². The quantitative estimate of drug-likeness (QED) is 0.607. The van der Waals surface area contributed by atoms with Crippen molar-refractivity contribution in [2.45, 2.75) is 19.1 Å². The Morgan fingerprint density at radius 3 is 2.26 bits per heavy atom. The summed E-state index contributed by atoms with van der Waals surface area (Å²) in [6, 6.07) is 7.17. The second-order valence-electron chi connectivity index (χ2n) is 4.80. The average Bonchev–Trinajstić information content (AvgIpc) is 2.36. The summed E-state index contributed by atoms with van der Waals surface area (Å²) in [6.07, 6.45) is 0. The van der Waals surface area contributed by atoms with Crippen LogP contribution in [0.25, 0.3) is 0 Å². The molecule has 3 N–H and O–H groups in total. The molecule has 0 fully saturated rings. The van der Waals surface area contributed by atoms with Crippen LogP contribution in [-0.2, 0) is 9.84 Å². The Bertz CT molecular complexity index is 536. The number of benzene rings is 1. The van der Waals surface area contributed by atoms with Gasteiger partial charge < -0.3 is 10.6 Å². The molecular formula is C13H21N3O2S. The Hall–Kier alpha value is -1.56. The molecule has 19 heavy (non-hydrogen) atoms. The summed E-state index contributed by atoms with van der Waals surface area (Å²) in [5.74, 6) is 0.159. The minimum atomic E-state index is -3.02. The molecule has 0 aliphatic rings. The van der Waals surface area contributed by atoms with Crippen molar-refractivity contribution in [3.63, 3.8) is 0 Å². The molecule has 0 amide bonds. The fourth-order valence-corrected chi connectivity index (χ4v) is 2.52. The maximum Gasteiger partial charge on any atom is 0.154 e. The highest BCUT2D eigenvalue weighted by Gasteiger charge is 2.16. The lowest BCUT2D eigenvalue weighted by atomic mass is 10.2. The molecule has 1 rings (SSSR count). The van der Waals surface area contributed by atoms with Gasteiger partial charge in [-0.25, -0.2) is 8.42 Å². The van der Waals surface area contributed by atoms with Gasteiger partial charge in [-0.15, -0.1) is 0 Å². The average molecular weight is 283 g/mol. The summed E-state index contributed by atoms with van der Waals surface area (Å²) in [4.78, 5) is 1.88. The second kappa shape index (κ2) is 6.06. The lowest BCUT2D eigenvalue weighted by Gasteiger charge is -2.20. The highest BCUT2D eigenvalue weighted by Crippen LogP contribution is 2.14. The van der Waals surface area contributed by atoms with Gasteiger partial charge in [0, 0.05) is 24.8 Å². The molecule has 106 valence electrons. The molecule has 0 heterocycles. The van der Waals surface area contributed by atoms with Crippen molar-refractivity contribution in [3.05, 3.63) is 29.8 Å². The van der Waals surface area contributed by atoms with E-state index >= 15 is 0 Å². The summed E-state index contributed by atoms with van der Waals surface area (Å²) in [5, 5.41) is 6.96. The topological polar surface area (TPSA) is 87.2 Å². The number of nitrogens with zero attached hydrogens (tertiary/aromatic N) is 1. The molecule has 5 nitrogen and oxygen atoms in total. The van der Waals surface area contributed by atoms with Crippen molar-refractivity contribution in [1.82, 2.24) is 0 Å². The van der Waals surface area contributed by atoms with Gasteiger partial charge in [-0.2, -0.15) is 0 Å². The van der Waals surface area contributed by atoms with Crippen LogP contribution in [-0.4, -0.2) is 38.8 Å². The van der Waals surface area contributed by atoms with Crippen molar-refractivity contribution in [2.75, 3.05) is 24.2 Å². The SMILES string of the molecule is CC(C)S(=O)(=O)CCN(C)c1ccc(C(=N)N)cc1. The van der Waals surface area contributed by atoms with Gasteiger partial charge in [-0.05, 0) is 38.1 Å². The number of nitrogens with one attached hydrogen (secondary N) is 1. The van der Waals surface area contributed by atoms with Gasteiger partial charge in [0.05, 0.1) is 11.0 Å². The van der Waals surface area contributed by atoms with Crippen molar-refractivity contribution >= 4 is 21.4 Å². The van der Waals surface area contributed by atoms with E-state index in [4.69, 9.17) is 11.1 Å². The van der Waals surface area contributed by atoms with Gasteiger partial charge in [0.15, 0.2) is 9.84 Å². The fourth-order valence-electron chi connectivity index (χ4n) is 1.52. The first-order valence-corrected chi connectivity index (χ1v) is 7.82. The largest absolute Gasteiger partial charge is 0.384 e. The molecule has 0 aliphatic carbocycles. The van der Waals surface area contributed by atoms with Crippen LogP contribution < -0.4 is 10.6 Å². The molecule has 1 aromatic carbocycles. The molecule has 0 spiro atoms. The fraction of sp³-hybridized carbons (Fsp3) is 0.462. The van der Waals surface area contributed by atoms with Gasteiger partial charge in [-0.1, -0.05) is 0 Å². The molecule has 0 aromatic heterocycles. The number of anilines is 1. The lowest BCUT2D eigenvalue weighted by molar-refractivity contribution is 0.586. The van der Waals surface area contributed by atoms with Crippen LogP contribution in [0.2, 0.25) is 0 Å². The first kappa shape index (κ1) is 15.5. The van der Waals surface area contributed by atoms with Gasteiger partial charge >= 0.3 is 0 Å². The molecule has 0 bridgehead atoms. The summed E-state index contributed by atoms with van der Waals surface area (Å²) in [6.45, 7) is 3.83. The van der Waals surface area contributed by atoms with Crippen LogP contribution in [0.1, 0.15) is 19.4 Å². The minimum absolute atomic E-state index is 0.0246. The summed E-state index contributed by atoms with van der Waals surface area (Å²) >= 11 is 0. The second-order valence-corrected chi connectivity index (χ2v) is 7.47.